The number of aryl methyl sites for hydroxylation is 1. The number of aromatic nitrogens is 1. The number of amides is 1. The van der Waals surface area contributed by atoms with Gasteiger partial charge < -0.3 is 9.73 Å². The molecule has 0 fully saturated rings. The summed E-state index contributed by atoms with van der Waals surface area (Å²) in [5.41, 5.74) is 1.89. The Hall–Kier alpha value is -1.81. The van der Waals surface area contributed by atoms with Crippen molar-refractivity contribution < 1.29 is 9.21 Å². The molecule has 0 aliphatic heterocycles. The van der Waals surface area contributed by atoms with Crippen molar-refractivity contribution in [3.8, 4) is 0 Å². The molecule has 0 radical (unpaired) electrons. The third-order valence-corrected chi connectivity index (χ3v) is 2.83. The van der Waals surface area contributed by atoms with Crippen LogP contribution in [0.25, 0.3) is 0 Å². The van der Waals surface area contributed by atoms with Crippen LogP contribution in [0.4, 0.5) is 0 Å². The Morgan fingerprint density at radius 3 is 3.00 bits per heavy atom. The fraction of sp³-hybridized carbons (Fsp3) is 0.231. The Morgan fingerprint density at radius 1 is 1.50 bits per heavy atom. The zero-order valence-electron chi connectivity index (χ0n) is 9.94. The number of carbonyl (C=O) groups is 1. The van der Waals surface area contributed by atoms with Crippen molar-refractivity contribution in [3.05, 3.63) is 52.7 Å². The molecule has 1 heterocycles. The molecule has 1 N–H and O–H groups in total. The average molecular weight is 265 g/mol. The van der Waals surface area contributed by atoms with Gasteiger partial charge in [-0.05, 0) is 24.1 Å². The summed E-state index contributed by atoms with van der Waals surface area (Å²) in [5.74, 6) is 0.373. The number of nitrogens with zero attached hydrogens (tertiary/aromatic N) is 1. The molecular formula is C13H13ClN2O2. The molecule has 1 aromatic heterocycles. The third-order valence-electron chi connectivity index (χ3n) is 2.48. The summed E-state index contributed by atoms with van der Waals surface area (Å²) in [5, 5.41) is 3.33. The lowest BCUT2D eigenvalue weighted by Gasteiger charge is -2.05. The lowest BCUT2D eigenvalue weighted by molar-refractivity contribution is -0.120. The first-order chi connectivity index (χ1) is 8.65. The van der Waals surface area contributed by atoms with Gasteiger partial charge in [-0.25, -0.2) is 4.98 Å². The van der Waals surface area contributed by atoms with Gasteiger partial charge >= 0.3 is 0 Å². The second-order valence-corrected chi connectivity index (χ2v) is 4.38. The molecule has 0 bridgehead atoms. The number of rotatable bonds is 4. The molecule has 0 saturated carbocycles. The maximum absolute atomic E-state index is 11.7. The van der Waals surface area contributed by atoms with E-state index < -0.39 is 0 Å². The SMILES string of the molecule is Cc1ccc(CC(=O)NCc2ncco2)c(Cl)c1. The van der Waals surface area contributed by atoms with Crippen LogP contribution in [0.1, 0.15) is 17.0 Å². The molecule has 5 heteroatoms. The van der Waals surface area contributed by atoms with E-state index in [1.54, 1.807) is 6.20 Å². The van der Waals surface area contributed by atoms with E-state index in [0.717, 1.165) is 11.1 Å². The van der Waals surface area contributed by atoms with E-state index in [1.807, 2.05) is 25.1 Å². The van der Waals surface area contributed by atoms with Crippen molar-refractivity contribution in [2.24, 2.45) is 0 Å². The van der Waals surface area contributed by atoms with E-state index >= 15 is 0 Å². The van der Waals surface area contributed by atoms with Crippen LogP contribution in [0.3, 0.4) is 0 Å². The highest BCUT2D eigenvalue weighted by atomic mass is 35.5. The molecule has 2 rings (SSSR count). The maximum Gasteiger partial charge on any atom is 0.224 e. The second kappa shape index (κ2) is 5.69. The first-order valence-electron chi connectivity index (χ1n) is 5.55. The minimum Gasteiger partial charge on any atom is -0.447 e. The summed E-state index contributed by atoms with van der Waals surface area (Å²) in [4.78, 5) is 15.6. The Bertz CT molecular complexity index is 538. The monoisotopic (exact) mass is 264 g/mol. The van der Waals surface area contributed by atoms with Gasteiger partial charge in [0.25, 0.3) is 0 Å². The van der Waals surface area contributed by atoms with E-state index in [9.17, 15) is 4.79 Å². The van der Waals surface area contributed by atoms with Gasteiger partial charge in [0.05, 0.1) is 19.2 Å². The topological polar surface area (TPSA) is 55.1 Å². The normalized spacial score (nSPS) is 10.3. The molecule has 1 amide bonds. The van der Waals surface area contributed by atoms with Crippen molar-refractivity contribution in [2.75, 3.05) is 0 Å². The van der Waals surface area contributed by atoms with E-state index in [4.69, 9.17) is 16.0 Å². The number of carbonyl (C=O) groups excluding carboxylic acids is 1. The van der Waals surface area contributed by atoms with Crippen LogP contribution in [-0.2, 0) is 17.8 Å². The fourth-order valence-electron chi connectivity index (χ4n) is 1.55. The van der Waals surface area contributed by atoms with Crippen molar-refractivity contribution in [1.29, 1.82) is 0 Å². The third kappa shape index (κ3) is 3.34. The Labute approximate surface area is 110 Å². The first-order valence-corrected chi connectivity index (χ1v) is 5.93. The van der Waals surface area contributed by atoms with E-state index in [2.05, 4.69) is 10.3 Å². The molecule has 2 aromatic rings. The lowest BCUT2D eigenvalue weighted by Crippen LogP contribution is -2.24. The van der Waals surface area contributed by atoms with E-state index in [-0.39, 0.29) is 18.9 Å². The molecular weight excluding hydrogens is 252 g/mol. The summed E-state index contributed by atoms with van der Waals surface area (Å²) in [6.45, 7) is 2.24. The number of hydrogen-bond donors (Lipinski definition) is 1. The van der Waals surface area contributed by atoms with Crippen molar-refractivity contribution in [2.45, 2.75) is 19.9 Å². The van der Waals surface area contributed by atoms with Gasteiger partial charge in [0.2, 0.25) is 11.8 Å². The summed E-state index contributed by atoms with van der Waals surface area (Å²) in [6, 6.07) is 5.64. The minimum atomic E-state index is -0.112. The van der Waals surface area contributed by atoms with Crippen LogP contribution in [0.2, 0.25) is 5.02 Å². The van der Waals surface area contributed by atoms with Gasteiger partial charge in [-0.15, -0.1) is 0 Å². The van der Waals surface area contributed by atoms with Crippen LogP contribution < -0.4 is 5.32 Å². The minimum absolute atomic E-state index is 0.112. The van der Waals surface area contributed by atoms with Crippen molar-refractivity contribution in [1.82, 2.24) is 10.3 Å². The molecule has 4 nitrogen and oxygen atoms in total. The largest absolute Gasteiger partial charge is 0.447 e. The van der Waals surface area contributed by atoms with E-state index in [1.165, 1.54) is 6.26 Å². The lowest BCUT2D eigenvalue weighted by atomic mass is 10.1. The highest BCUT2D eigenvalue weighted by Crippen LogP contribution is 2.17. The number of nitrogens with one attached hydrogen (secondary N) is 1. The van der Waals surface area contributed by atoms with Crippen LogP contribution in [0.15, 0.2) is 35.1 Å². The van der Waals surface area contributed by atoms with Crippen LogP contribution in [-0.4, -0.2) is 10.9 Å². The van der Waals surface area contributed by atoms with Crippen molar-refractivity contribution >= 4 is 17.5 Å². The number of hydrogen-bond acceptors (Lipinski definition) is 3. The molecule has 0 aliphatic carbocycles. The first kappa shape index (κ1) is 12.6. The maximum atomic E-state index is 11.7. The molecule has 0 unspecified atom stereocenters. The summed E-state index contributed by atoms with van der Waals surface area (Å²) in [6.07, 6.45) is 3.26. The smallest absolute Gasteiger partial charge is 0.224 e. The van der Waals surface area contributed by atoms with E-state index in [0.29, 0.717) is 10.9 Å². The number of halogens is 1. The summed E-state index contributed by atoms with van der Waals surface area (Å²) >= 11 is 6.06. The van der Waals surface area contributed by atoms with Gasteiger partial charge in [0.15, 0.2) is 0 Å². The zero-order valence-corrected chi connectivity index (χ0v) is 10.7. The zero-order chi connectivity index (χ0) is 13.0. The predicted octanol–water partition coefficient (Wildman–Crippen LogP) is 2.50. The molecule has 0 spiro atoms. The van der Waals surface area contributed by atoms with Gasteiger partial charge in [-0.3, -0.25) is 4.79 Å². The second-order valence-electron chi connectivity index (χ2n) is 3.97. The molecule has 0 saturated heterocycles. The Balaban J connectivity index is 1.91. The standard InChI is InChI=1S/C13H13ClN2O2/c1-9-2-3-10(11(14)6-9)7-12(17)16-8-13-15-4-5-18-13/h2-6H,7-8H2,1H3,(H,16,17). The molecule has 1 aromatic carbocycles. The van der Waals surface area contributed by atoms with Gasteiger partial charge in [0, 0.05) is 5.02 Å². The highest BCUT2D eigenvalue weighted by molar-refractivity contribution is 6.31. The number of benzene rings is 1. The van der Waals surface area contributed by atoms with Gasteiger partial charge in [0.1, 0.15) is 6.26 Å². The van der Waals surface area contributed by atoms with Gasteiger partial charge in [-0.1, -0.05) is 23.7 Å². The molecule has 94 valence electrons. The Kier molecular flexibility index (Phi) is 3.99. The molecule has 18 heavy (non-hydrogen) atoms. The van der Waals surface area contributed by atoms with Crippen LogP contribution in [0, 0.1) is 6.92 Å². The van der Waals surface area contributed by atoms with Crippen LogP contribution >= 0.6 is 11.6 Å². The summed E-state index contributed by atoms with van der Waals surface area (Å²) in [7, 11) is 0. The summed E-state index contributed by atoms with van der Waals surface area (Å²) < 4.78 is 5.02. The van der Waals surface area contributed by atoms with Crippen LogP contribution in [0.5, 0.6) is 0 Å². The fourth-order valence-corrected chi connectivity index (χ4v) is 1.85. The quantitative estimate of drug-likeness (QED) is 0.923. The van der Waals surface area contributed by atoms with Crippen molar-refractivity contribution in [3.63, 3.8) is 0 Å². The number of oxazole rings is 1. The highest BCUT2D eigenvalue weighted by Gasteiger charge is 2.08. The Morgan fingerprint density at radius 2 is 2.33 bits per heavy atom. The van der Waals surface area contributed by atoms with Gasteiger partial charge in [-0.2, -0.15) is 0 Å². The predicted molar refractivity (Wildman–Crippen MR) is 68.2 cm³/mol. The molecule has 0 atom stereocenters. The average Bonchev–Trinajstić information content (AvgIpc) is 2.83. The molecule has 0 aliphatic rings.